The van der Waals surface area contributed by atoms with Crippen LogP contribution in [0.4, 0.5) is 10.1 Å². The minimum atomic E-state index is -0.596. The number of benzene rings is 1. The highest BCUT2D eigenvalue weighted by Gasteiger charge is 2.17. The number of hydrogen-bond donors (Lipinski definition) is 1. The zero-order valence-corrected chi connectivity index (χ0v) is 13.3. The van der Waals surface area contributed by atoms with Gasteiger partial charge in [-0.15, -0.1) is 10.2 Å². The molecule has 0 saturated carbocycles. The minimum absolute atomic E-state index is 0.0174. The number of anilines is 1. The molecule has 9 heteroatoms. The van der Waals surface area contributed by atoms with Crippen molar-refractivity contribution in [2.75, 3.05) is 5.32 Å². The summed E-state index contributed by atoms with van der Waals surface area (Å²) in [6, 6.07) is 3.50. The Labute approximate surface area is 136 Å². The molecule has 0 spiro atoms. The lowest BCUT2D eigenvalue weighted by atomic mass is 10.2. The highest BCUT2D eigenvalue weighted by molar-refractivity contribution is 9.10. The summed E-state index contributed by atoms with van der Waals surface area (Å²) in [6.07, 6.45) is 0. The predicted molar refractivity (Wildman–Crippen MR) is 79.1 cm³/mol. The third kappa shape index (κ3) is 3.38. The first kappa shape index (κ1) is 15.4. The summed E-state index contributed by atoms with van der Waals surface area (Å²) in [5.41, 5.74) is 0.237. The number of rotatable bonds is 2. The summed E-state index contributed by atoms with van der Waals surface area (Å²) in [5, 5.41) is 9.45. The molecule has 0 bridgehead atoms. The average molecular weight is 399 g/mol. The van der Waals surface area contributed by atoms with Crippen LogP contribution in [0.2, 0.25) is 15.3 Å². The van der Waals surface area contributed by atoms with E-state index in [0.29, 0.717) is 4.47 Å². The first-order valence-corrected chi connectivity index (χ1v) is 6.96. The van der Waals surface area contributed by atoms with Crippen LogP contribution in [-0.2, 0) is 0 Å². The van der Waals surface area contributed by atoms with E-state index in [9.17, 15) is 9.18 Å². The van der Waals surface area contributed by atoms with Gasteiger partial charge in [0, 0.05) is 4.47 Å². The summed E-state index contributed by atoms with van der Waals surface area (Å²) < 4.78 is 13.4. The van der Waals surface area contributed by atoms with Crippen LogP contribution in [0.15, 0.2) is 22.7 Å². The molecule has 0 aliphatic rings. The number of hydrogen-bond acceptors (Lipinski definition) is 3. The van der Waals surface area contributed by atoms with Crippen molar-refractivity contribution in [2.24, 2.45) is 0 Å². The monoisotopic (exact) mass is 397 g/mol. The van der Waals surface area contributed by atoms with Gasteiger partial charge in [-0.05, 0) is 34.1 Å². The SMILES string of the molecule is O=C(Nc1c(Cl)cc(F)cc1Br)c1cc(Cl)nnc1Cl. The molecule has 1 heterocycles. The van der Waals surface area contributed by atoms with Crippen molar-refractivity contribution in [3.05, 3.63) is 49.4 Å². The van der Waals surface area contributed by atoms with Crippen LogP contribution in [0.25, 0.3) is 0 Å². The van der Waals surface area contributed by atoms with Crippen molar-refractivity contribution < 1.29 is 9.18 Å². The van der Waals surface area contributed by atoms with Crippen LogP contribution in [0, 0.1) is 5.82 Å². The molecule has 0 unspecified atom stereocenters. The summed E-state index contributed by atoms with van der Waals surface area (Å²) >= 11 is 20.4. The number of amides is 1. The maximum Gasteiger partial charge on any atom is 0.259 e. The van der Waals surface area contributed by atoms with Crippen LogP contribution in [-0.4, -0.2) is 16.1 Å². The van der Waals surface area contributed by atoms with E-state index in [2.05, 4.69) is 31.4 Å². The van der Waals surface area contributed by atoms with Gasteiger partial charge in [0.05, 0.1) is 16.3 Å². The smallest absolute Gasteiger partial charge is 0.259 e. The molecule has 1 amide bonds. The Morgan fingerprint density at radius 1 is 1.20 bits per heavy atom. The zero-order valence-electron chi connectivity index (χ0n) is 9.42. The molecule has 2 aromatic rings. The molecule has 0 fully saturated rings. The largest absolute Gasteiger partial charge is 0.320 e. The van der Waals surface area contributed by atoms with Crippen molar-refractivity contribution in [1.82, 2.24) is 10.2 Å². The number of nitrogens with one attached hydrogen (secondary N) is 1. The maximum atomic E-state index is 13.1. The van der Waals surface area contributed by atoms with Crippen molar-refractivity contribution in [3.8, 4) is 0 Å². The fourth-order valence-corrected chi connectivity index (χ4v) is 2.58. The Balaban J connectivity index is 2.35. The minimum Gasteiger partial charge on any atom is -0.320 e. The fraction of sp³-hybridized carbons (Fsp3) is 0. The summed E-state index contributed by atoms with van der Waals surface area (Å²) in [6.45, 7) is 0. The lowest BCUT2D eigenvalue weighted by Gasteiger charge is -2.10. The lowest BCUT2D eigenvalue weighted by Crippen LogP contribution is -2.14. The van der Waals surface area contributed by atoms with Crippen LogP contribution >= 0.6 is 50.7 Å². The molecule has 4 nitrogen and oxygen atoms in total. The van der Waals surface area contributed by atoms with Gasteiger partial charge in [-0.2, -0.15) is 0 Å². The van der Waals surface area contributed by atoms with Gasteiger partial charge in [-0.25, -0.2) is 4.39 Å². The van der Waals surface area contributed by atoms with Crippen LogP contribution in [0.5, 0.6) is 0 Å². The lowest BCUT2D eigenvalue weighted by molar-refractivity contribution is 0.102. The van der Waals surface area contributed by atoms with E-state index in [1.54, 1.807) is 0 Å². The van der Waals surface area contributed by atoms with Gasteiger partial charge >= 0.3 is 0 Å². The van der Waals surface area contributed by atoms with Gasteiger partial charge in [0.1, 0.15) is 5.82 Å². The van der Waals surface area contributed by atoms with E-state index < -0.39 is 11.7 Å². The summed E-state index contributed by atoms with van der Waals surface area (Å²) in [7, 11) is 0. The van der Waals surface area contributed by atoms with Crippen molar-refractivity contribution >= 4 is 62.3 Å². The number of nitrogens with zero attached hydrogens (tertiary/aromatic N) is 2. The molecule has 0 aliphatic carbocycles. The van der Waals surface area contributed by atoms with Gasteiger partial charge < -0.3 is 5.32 Å². The molecule has 1 N–H and O–H groups in total. The zero-order chi connectivity index (χ0) is 14.9. The molecule has 1 aromatic carbocycles. The Morgan fingerprint density at radius 3 is 2.55 bits per heavy atom. The second-order valence-electron chi connectivity index (χ2n) is 3.57. The normalized spacial score (nSPS) is 10.4. The molecule has 20 heavy (non-hydrogen) atoms. The Bertz CT molecular complexity index is 676. The number of carbonyl (C=O) groups is 1. The van der Waals surface area contributed by atoms with Crippen molar-refractivity contribution in [1.29, 1.82) is 0 Å². The Morgan fingerprint density at radius 2 is 1.90 bits per heavy atom. The molecular weight excluding hydrogens is 395 g/mol. The number of aromatic nitrogens is 2. The maximum absolute atomic E-state index is 13.1. The van der Waals surface area contributed by atoms with Crippen LogP contribution in [0.3, 0.4) is 0 Å². The van der Waals surface area contributed by atoms with E-state index in [-0.39, 0.29) is 26.6 Å². The first-order valence-electron chi connectivity index (χ1n) is 5.03. The summed E-state index contributed by atoms with van der Waals surface area (Å²) in [5.74, 6) is -1.13. The molecule has 0 radical (unpaired) electrons. The molecule has 0 atom stereocenters. The Hall–Kier alpha value is -0.950. The highest BCUT2D eigenvalue weighted by Crippen LogP contribution is 2.32. The molecule has 0 saturated heterocycles. The van der Waals surface area contributed by atoms with E-state index in [0.717, 1.165) is 6.07 Å². The van der Waals surface area contributed by atoms with E-state index >= 15 is 0 Å². The highest BCUT2D eigenvalue weighted by atomic mass is 79.9. The molecule has 0 aliphatic heterocycles. The molecule has 2 rings (SSSR count). The van der Waals surface area contributed by atoms with Crippen LogP contribution in [0.1, 0.15) is 10.4 Å². The van der Waals surface area contributed by atoms with Gasteiger partial charge in [0.2, 0.25) is 0 Å². The second-order valence-corrected chi connectivity index (χ2v) is 5.58. The van der Waals surface area contributed by atoms with Crippen LogP contribution < -0.4 is 5.32 Å². The van der Waals surface area contributed by atoms with E-state index in [1.807, 2.05) is 0 Å². The third-order valence-electron chi connectivity index (χ3n) is 2.21. The second kappa shape index (κ2) is 6.22. The average Bonchev–Trinajstić information content (AvgIpc) is 2.36. The Kier molecular flexibility index (Phi) is 4.80. The topological polar surface area (TPSA) is 54.9 Å². The van der Waals surface area contributed by atoms with Gasteiger partial charge in [-0.3, -0.25) is 4.79 Å². The number of carbonyl (C=O) groups excluding carboxylic acids is 1. The van der Waals surface area contributed by atoms with Gasteiger partial charge in [-0.1, -0.05) is 34.8 Å². The summed E-state index contributed by atoms with van der Waals surface area (Å²) in [4.78, 5) is 12.1. The van der Waals surface area contributed by atoms with E-state index in [1.165, 1.54) is 12.1 Å². The standard InChI is InChI=1S/C11H4BrCl3FN3O/c12-6-1-4(16)2-7(13)9(6)17-11(20)5-3-8(14)18-19-10(5)15/h1-3H,(H,17,20). The first-order chi connectivity index (χ1) is 9.38. The third-order valence-corrected chi connectivity index (χ3v) is 3.60. The molecule has 104 valence electrons. The van der Waals surface area contributed by atoms with Gasteiger partial charge in [0.25, 0.3) is 5.91 Å². The predicted octanol–water partition coefficient (Wildman–Crippen LogP) is 4.59. The molecular formula is C11H4BrCl3FN3O. The quantitative estimate of drug-likeness (QED) is 0.804. The number of halogens is 5. The van der Waals surface area contributed by atoms with Crippen molar-refractivity contribution in [2.45, 2.75) is 0 Å². The molecule has 1 aromatic heterocycles. The van der Waals surface area contributed by atoms with Crippen molar-refractivity contribution in [3.63, 3.8) is 0 Å². The van der Waals surface area contributed by atoms with E-state index in [4.69, 9.17) is 34.8 Å². The van der Waals surface area contributed by atoms with Gasteiger partial charge in [0.15, 0.2) is 10.3 Å². The fourth-order valence-electron chi connectivity index (χ4n) is 1.35.